The van der Waals surface area contributed by atoms with Gasteiger partial charge in [0, 0.05) is 38.4 Å². The van der Waals surface area contributed by atoms with Crippen molar-refractivity contribution in [1.29, 1.82) is 0 Å². The number of aromatic nitrogens is 4. The number of nitrogens with one attached hydrogen (secondary N) is 2. The first kappa shape index (κ1) is 15.6. The van der Waals surface area contributed by atoms with E-state index in [1.807, 2.05) is 0 Å². The molecule has 0 saturated carbocycles. The van der Waals surface area contributed by atoms with Gasteiger partial charge in [-0.1, -0.05) is 0 Å². The van der Waals surface area contributed by atoms with Crippen LogP contribution in [0.25, 0.3) is 11.0 Å². The van der Waals surface area contributed by atoms with E-state index in [0.717, 1.165) is 0 Å². The number of imidazole rings is 1. The Morgan fingerprint density at radius 1 is 1.20 bits per heavy atom. The minimum Gasteiger partial charge on any atom is -0.381 e. The molecule has 0 bridgehead atoms. The highest BCUT2D eigenvalue weighted by molar-refractivity contribution is 6.05. The van der Waals surface area contributed by atoms with E-state index in [2.05, 4.69) is 25.3 Å². The Morgan fingerprint density at radius 3 is 2.72 bits per heavy atom. The molecule has 7 nitrogen and oxygen atoms in total. The predicted molar refractivity (Wildman–Crippen MR) is 87.3 cm³/mol. The lowest BCUT2D eigenvalue weighted by Gasteiger charge is -2.36. The summed E-state index contributed by atoms with van der Waals surface area (Å²) < 4.78 is 19.3. The molecule has 0 aliphatic carbocycles. The molecular formula is C17H16FN5O2. The van der Waals surface area contributed by atoms with E-state index in [9.17, 15) is 9.18 Å². The Morgan fingerprint density at radius 2 is 1.96 bits per heavy atom. The Hall–Kier alpha value is -2.87. The largest absolute Gasteiger partial charge is 0.381 e. The molecule has 1 aliphatic rings. The van der Waals surface area contributed by atoms with Gasteiger partial charge in [0.2, 0.25) is 0 Å². The van der Waals surface area contributed by atoms with E-state index in [1.165, 1.54) is 18.5 Å². The van der Waals surface area contributed by atoms with Gasteiger partial charge in [0.05, 0.1) is 17.4 Å². The van der Waals surface area contributed by atoms with Crippen molar-refractivity contribution in [2.75, 3.05) is 13.2 Å². The van der Waals surface area contributed by atoms with E-state index in [4.69, 9.17) is 4.74 Å². The lowest BCUT2D eigenvalue weighted by atomic mass is 9.88. The standard InChI is InChI=1S/C17H16FN5O2/c18-11-8-12(14-13(9-11)21-10-22-14)15(24)23-17(2-6-25-7-3-17)16-19-4-1-5-20-16/h1,4-5,8-10H,2-3,6-7H2,(H,21,22)(H,23,24). The molecule has 3 heterocycles. The molecule has 8 heteroatoms. The molecule has 1 aliphatic heterocycles. The van der Waals surface area contributed by atoms with E-state index in [1.54, 1.807) is 18.5 Å². The zero-order valence-electron chi connectivity index (χ0n) is 13.3. The maximum atomic E-state index is 13.9. The van der Waals surface area contributed by atoms with Gasteiger partial charge in [0.25, 0.3) is 5.91 Å². The SMILES string of the molecule is O=C(NC1(c2ncccn2)CCOCC1)c1cc(F)cc2[nH]cnc12. The maximum Gasteiger partial charge on any atom is 0.254 e. The molecule has 1 aromatic carbocycles. The highest BCUT2D eigenvalue weighted by Crippen LogP contribution is 2.30. The first-order valence-electron chi connectivity index (χ1n) is 7.98. The number of hydrogen-bond donors (Lipinski definition) is 2. The molecule has 128 valence electrons. The fourth-order valence-corrected chi connectivity index (χ4v) is 3.14. The topological polar surface area (TPSA) is 92.8 Å². The summed E-state index contributed by atoms with van der Waals surface area (Å²) in [5.41, 5.74) is 0.334. The number of benzene rings is 1. The van der Waals surface area contributed by atoms with Crippen LogP contribution in [-0.4, -0.2) is 39.1 Å². The molecule has 0 radical (unpaired) electrons. The van der Waals surface area contributed by atoms with Crippen LogP contribution in [0.5, 0.6) is 0 Å². The first-order valence-corrected chi connectivity index (χ1v) is 7.98. The van der Waals surface area contributed by atoms with Crippen LogP contribution >= 0.6 is 0 Å². The van der Waals surface area contributed by atoms with Crippen LogP contribution in [-0.2, 0) is 10.3 Å². The quantitative estimate of drug-likeness (QED) is 0.759. The summed E-state index contributed by atoms with van der Waals surface area (Å²) in [6, 6.07) is 4.22. The average Bonchev–Trinajstić information content (AvgIpc) is 3.10. The molecule has 0 atom stereocenters. The molecule has 25 heavy (non-hydrogen) atoms. The summed E-state index contributed by atoms with van der Waals surface area (Å²) in [6.07, 6.45) is 5.80. The Labute approximate surface area is 142 Å². The summed E-state index contributed by atoms with van der Waals surface area (Å²) >= 11 is 0. The normalized spacial score (nSPS) is 16.7. The van der Waals surface area contributed by atoms with Crippen LogP contribution in [0.3, 0.4) is 0 Å². The van der Waals surface area contributed by atoms with Crippen molar-refractivity contribution < 1.29 is 13.9 Å². The lowest BCUT2D eigenvalue weighted by Crippen LogP contribution is -2.50. The fourth-order valence-electron chi connectivity index (χ4n) is 3.14. The van der Waals surface area contributed by atoms with Gasteiger partial charge in [-0.25, -0.2) is 19.3 Å². The van der Waals surface area contributed by atoms with Gasteiger partial charge in [-0.2, -0.15) is 0 Å². The number of amides is 1. The number of hydrogen-bond acceptors (Lipinski definition) is 5. The second-order valence-electron chi connectivity index (χ2n) is 5.97. The summed E-state index contributed by atoms with van der Waals surface area (Å²) in [5.74, 6) is -0.383. The summed E-state index contributed by atoms with van der Waals surface area (Å²) in [7, 11) is 0. The highest BCUT2D eigenvalue weighted by atomic mass is 19.1. The summed E-state index contributed by atoms with van der Waals surface area (Å²) in [5, 5.41) is 3.01. The molecule has 1 saturated heterocycles. The number of H-pyrrole nitrogens is 1. The third-order valence-corrected chi connectivity index (χ3v) is 4.43. The number of ether oxygens (including phenoxy) is 1. The van der Waals surface area contributed by atoms with Crippen molar-refractivity contribution in [1.82, 2.24) is 25.3 Å². The number of fused-ring (bicyclic) bond motifs is 1. The first-order chi connectivity index (χ1) is 12.2. The zero-order valence-corrected chi connectivity index (χ0v) is 13.3. The van der Waals surface area contributed by atoms with Gasteiger partial charge >= 0.3 is 0 Å². The number of carbonyl (C=O) groups is 1. The molecular weight excluding hydrogens is 325 g/mol. The van der Waals surface area contributed by atoms with Gasteiger partial charge in [-0.3, -0.25) is 4.79 Å². The number of rotatable bonds is 3. The van der Waals surface area contributed by atoms with Gasteiger partial charge in [-0.15, -0.1) is 0 Å². The zero-order chi connectivity index (χ0) is 17.3. The van der Waals surface area contributed by atoms with Crippen LogP contribution in [0, 0.1) is 5.82 Å². The Bertz CT molecular complexity index is 906. The van der Waals surface area contributed by atoms with E-state index < -0.39 is 17.3 Å². The lowest BCUT2D eigenvalue weighted by molar-refractivity contribution is 0.0313. The third-order valence-electron chi connectivity index (χ3n) is 4.43. The van der Waals surface area contributed by atoms with Crippen LogP contribution in [0.4, 0.5) is 4.39 Å². The molecule has 1 fully saturated rings. The van der Waals surface area contributed by atoms with Crippen LogP contribution in [0.2, 0.25) is 0 Å². The minimum absolute atomic E-state index is 0.179. The predicted octanol–water partition coefficient (Wildman–Crippen LogP) is 1.93. The number of aromatic amines is 1. The van der Waals surface area contributed by atoms with Crippen molar-refractivity contribution >= 4 is 16.9 Å². The second kappa shape index (κ2) is 6.21. The minimum atomic E-state index is -0.745. The molecule has 0 unspecified atom stereocenters. The van der Waals surface area contributed by atoms with Gasteiger partial charge in [0.1, 0.15) is 16.9 Å². The summed E-state index contributed by atoms with van der Waals surface area (Å²) in [6.45, 7) is 0.971. The Balaban J connectivity index is 1.72. The molecule has 2 N–H and O–H groups in total. The number of halogens is 1. The average molecular weight is 341 g/mol. The van der Waals surface area contributed by atoms with E-state index in [-0.39, 0.29) is 5.56 Å². The Kier molecular flexibility index (Phi) is 3.89. The van der Waals surface area contributed by atoms with Gasteiger partial charge in [-0.05, 0) is 18.2 Å². The van der Waals surface area contributed by atoms with Crippen LogP contribution < -0.4 is 5.32 Å². The van der Waals surface area contributed by atoms with Gasteiger partial charge < -0.3 is 15.0 Å². The van der Waals surface area contributed by atoms with Crippen LogP contribution in [0.15, 0.2) is 36.9 Å². The van der Waals surface area contributed by atoms with Crippen molar-refractivity contribution in [3.63, 3.8) is 0 Å². The van der Waals surface area contributed by atoms with Crippen molar-refractivity contribution in [3.8, 4) is 0 Å². The highest BCUT2D eigenvalue weighted by Gasteiger charge is 2.39. The number of carbonyl (C=O) groups excluding carboxylic acids is 1. The van der Waals surface area contributed by atoms with E-state index >= 15 is 0 Å². The molecule has 4 rings (SSSR count). The fraction of sp³-hybridized carbons (Fsp3) is 0.294. The molecule has 2 aromatic heterocycles. The third kappa shape index (κ3) is 2.85. The molecule has 0 spiro atoms. The van der Waals surface area contributed by atoms with Crippen molar-refractivity contribution in [2.45, 2.75) is 18.4 Å². The smallest absolute Gasteiger partial charge is 0.254 e. The number of nitrogens with zero attached hydrogens (tertiary/aromatic N) is 3. The maximum absolute atomic E-state index is 13.9. The monoisotopic (exact) mass is 341 g/mol. The second-order valence-corrected chi connectivity index (χ2v) is 5.97. The van der Waals surface area contributed by atoms with Crippen LogP contribution in [0.1, 0.15) is 29.0 Å². The van der Waals surface area contributed by atoms with Gasteiger partial charge in [0.15, 0.2) is 5.82 Å². The van der Waals surface area contributed by atoms with E-state index in [0.29, 0.717) is 42.9 Å². The molecule has 3 aromatic rings. The van der Waals surface area contributed by atoms with Crippen molar-refractivity contribution in [3.05, 3.63) is 54.1 Å². The summed E-state index contributed by atoms with van der Waals surface area (Å²) in [4.78, 5) is 28.5. The van der Waals surface area contributed by atoms with Crippen molar-refractivity contribution in [2.24, 2.45) is 0 Å². The molecule has 1 amide bonds.